The average molecular weight is 332 g/mol. The van der Waals surface area contributed by atoms with Crippen LogP contribution in [0.4, 0.5) is 0 Å². The van der Waals surface area contributed by atoms with Crippen molar-refractivity contribution in [2.24, 2.45) is 5.92 Å². The van der Waals surface area contributed by atoms with Crippen molar-refractivity contribution in [3.8, 4) is 6.07 Å². The van der Waals surface area contributed by atoms with Crippen molar-refractivity contribution in [2.45, 2.75) is 18.9 Å². The van der Waals surface area contributed by atoms with Gasteiger partial charge in [-0.05, 0) is 29.8 Å². The van der Waals surface area contributed by atoms with Gasteiger partial charge < -0.3 is 9.72 Å². The third kappa shape index (κ3) is 4.11. The molecule has 2 atom stereocenters. The summed E-state index contributed by atoms with van der Waals surface area (Å²) in [4.78, 5) is 20.1. The molecule has 1 heterocycles. The summed E-state index contributed by atoms with van der Waals surface area (Å²) in [6.45, 7) is 0. The lowest BCUT2D eigenvalue weighted by atomic mass is 9.91. The number of allylic oxidation sites excluding steroid dienone is 2. The normalized spacial score (nSPS) is 18.9. The van der Waals surface area contributed by atoms with Gasteiger partial charge in [-0.1, -0.05) is 24.3 Å². The molecular formula is C20H18N3O2. The van der Waals surface area contributed by atoms with Gasteiger partial charge in [0, 0.05) is 19.7 Å². The van der Waals surface area contributed by atoms with E-state index in [2.05, 4.69) is 22.1 Å². The van der Waals surface area contributed by atoms with Crippen LogP contribution in [0.3, 0.4) is 0 Å². The summed E-state index contributed by atoms with van der Waals surface area (Å²) in [7, 11) is 1.59. The molecule has 25 heavy (non-hydrogen) atoms. The molecule has 5 heteroatoms. The number of nitrogens with one attached hydrogen (secondary N) is 1. The van der Waals surface area contributed by atoms with Gasteiger partial charge in [0.15, 0.2) is 0 Å². The maximum absolute atomic E-state index is 12.5. The number of Topliss-reactive ketones (excluding diaryl/α,β-unsaturated/α-hetero) is 1. The number of hydrogen-bond donors (Lipinski definition) is 1. The van der Waals surface area contributed by atoms with Crippen LogP contribution in [0.5, 0.6) is 0 Å². The van der Waals surface area contributed by atoms with Gasteiger partial charge in [-0.2, -0.15) is 5.26 Å². The first-order chi connectivity index (χ1) is 12.2. The minimum Gasteiger partial charge on any atom is -0.376 e. The molecule has 0 saturated carbocycles. The van der Waals surface area contributed by atoms with Crippen molar-refractivity contribution in [1.29, 1.82) is 5.26 Å². The van der Waals surface area contributed by atoms with Crippen LogP contribution >= 0.6 is 0 Å². The molecule has 0 saturated heterocycles. The van der Waals surface area contributed by atoms with Crippen LogP contribution in [0.25, 0.3) is 0 Å². The van der Waals surface area contributed by atoms with Crippen molar-refractivity contribution in [3.63, 3.8) is 0 Å². The number of carbonyl (C=O) groups excluding carboxylic acids is 1. The molecule has 0 amide bonds. The lowest BCUT2D eigenvalue weighted by molar-refractivity contribution is -0.123. The van der Waals surface area contributed by atoms with Crippen molar-refractivity contribution >= 4 is 5.78 Å². The second kappa shape index (κ2) is 7.73. The Morgan fingerprint density at radius 3 is 2.92 bits per heavy atom. The number of H-pyrrole nitrogens is 1. The summed E-state index contributed by atoms with van der Waals surface area (Å²) in [5, 5.41) is 8.83. The molecule has 1 aromatic heterocycles. The highest BCUT2D eigenvalue weighted by Gasteiger charge is 2.26. The summed E-state index contributed by atoms with van der Waals surface area (Å²) in [6, 6.07) is 9.49. The van der Waals surface area contributed by atoms with Gasteiger partial charge in [-0.15, -0.1) is 0 Å². The molecule has 1 aromatic carbocycles. The van der Waals surface area contributed by atoms with Crippen LogP contribution in [0.15, 0.2) is 48.7 Å². The Bertz CT molecular complexity index is 841. The van der Waals surface area contributed by atoms with Gasteiger partial charge in [0.2, 0.25) is 0 Å². The maximum atomic E-state index is 12.5. The molecule has 0 aliphatic heterocycles. The Morgan fingerprint density at radius 2 is 2.20 bits per heavy atom. The molecule has 1 aliphatic rings. The summed E-state index contributed by atoms with van der Waals surface area (Å²) < 4.78 is 5.32. The van der Waals surface area contributed by atoms with Gasteiger partial charge in [0.05, 0.1) is 35.8 Å². The summed E-state index contributed by atoms with van der Waals surface area (Å²) in [6.07, 6.45) is 10.7. The lowest BCUT2D eigenvalue weighted by Crippen LogP contribution is -2.29. The van der Waals surface area contributed by atoms with Gasteiger partial charge in [-0.25, -0.2) is 4.98 Å². The fourth-order valence-corrected chi connectivity index (χ4v) is 2.80. The van der Waals surface area contributed by atoms with Crippen LogP contribution in [0.1, 0.15) is 22.6 Å². The zero-order valence-corrected chi connectivity index (χ0v) is 13.9. The van der Waals surface area contributed by atoms with E-state index in [-0.39, 0.29) is 24.2 Å². The first-order valence-electron chi connectivity index (χ1n) is 8.03. The Labute approximate surface area is 146 Å². The monoisotopic (exact) mass is 332 g/mol. The van der Waals surface area contributed by atoms with Crippen LogP contribution in [0.2, 0.25) is 0 Å². The minimum atomic E-state index is -0.301. The molecule has 1 aliphatic carbocycles. The van der Waals surface area contributed by atoms with Gasteiger partial charge in [0.25, 0.3) is 0 Å². The largest absolute Gasteiger partial charge is 0.376 e. The van der Waals surface area contributed by atoms with Crippen LogP contribution in [-0.2, 0) is 22.4 Å². The molecule has 0 fully saturated rings. The number of aromatic nitrogens is 2. The number of nitriles is 1. The predicted octanol–water partition coefficient (Wildman–Crippen LogP) is 2.54. The number of rotatable bonds is 6. The van der Waals surface area contributed by atoms with Crippen molar-refractivity contribution < 1.29 is 9.53 Å². The number of aromatic amines is 1. The minimum absolute atomic E-state index is 0.0669. The van der Waals surface area contributed by atoms with E-state index in [1.54, 1.807) is 37.6 Å². The molecule has 2 aromatic rings. The number of ether oxygens (including phenoxy) is 1. The molecule has 0 bridgehead atoms. The number of benzene rings is 1. The van der Waals surface area contributed by atoms with Crippen molar-refractivity contribution in [3.05, 3.63) is 77.4 Å². The first-order valence-corrected chi connectivity index (χ1v) is 8.03. The zero-order chi connectivity index (χ0) is 17.6. The fraction of sp³-hybridized carbons (Fsp3) is 0.250. The third-order valence-electron chi connectivity index (χ3n) is 4.15. The Kier molecular flexibility index (Phi) is 5.22. The van der Waals surface area contributed by atoms with E-state index < -0.39 is 0 Å². The van der Waals surface area contributed by atoms with E-state index in [0.29, 0.717) is 12.0 Å². The third-order valence-corrected chi connectivity index (χ3v) is 4.15. The summed E-state index contributed by atoms with van der Waals surface area (Å²) >= 11 is 0. The standard InChI is InChI=1S/C20H18N3O2/c1-25-19-5-3-2-4-17(19)18(24)11-16-13-22-20(23-16)10-14-6-8-15(12-21)9-7-14/h2,4-9,13,17,19H,10-11H2,1H3,(H,22,23). The van der Waals surface area contributed by atoms with E-state index >= 15 is 0 Å². The molecular weight excluding hydrogens is 314 g/mol. The maximum Gasteiger partial charge on any atom is 0.148 e. The molecule has 5 nitrogen and oxygen atoms in total. The van der Waals surface area contributed by atoms with Crippen LogP contribution in [-0.4, -0.2) is 29.0 Å². The van der Waals surface area contributed by atoms with Crippen molar-refractivity contribution in [1.82, 2.24) is 9.97 Å². The molecule has 2 unspecified atom stereocenters. The highest BCUT2D eigenvalue weighted by Crippen LogP contribution is 2.18. The fourth-order valence-electron chi connectivity index (χ4n) is 2.80. The number of carbonyl (C=O) groups is 1. The predicted molar refractivity (Wildman–Crippen MR) is 92.5 cm³/mol. The molecule has 1 radical (unpaired) electrons. The second-order valence-corrected chi connectivity index (χ2v) is 5.89. The van der Waals surface area contributed by atoms with E-state index in [0.717, 1.165) is 17.1 Å². The number of hydrogen-bond acceptors (Lipinski definition) is 4. The van der Waals surface area contributed by atoms with Gasteiger partial charge in [0.1, 0.15) is 11.6 Å². The topological polar surface area (TPSA) is 78.8 Å². The number of methoxy groups -OCH3 is 1. The molecule has 3 rings (SSSR count). The number of nitrogens with zero attached hydrogens (tertiary/aromatic N) is 2. The van der Waals surface area contributed by atoms with E-state index in [9.17, 15) is 4.79 Å². The molecule has 1 N–H and O–H groups in total. The second-order valence-electron chi connectivity index (χ2n) is 5.89. The highest BCUT2D eigenvalue weighted by atomic mass is 16.5. The average Bonchev–Trinajstić information content (AvgIpc) is 3.09. The Hall–Kier alpha value is -2.97. The zero-order valence-electron chi connectivity index (χ0n) is 13.9. The Balaban J connectivity index is 1.63. The van der Waals surface area contributed by atoms with E-state index in [1.807, 2.05) is 18.2 Å². The highest BCUT2D eigenvalue weighted by molar-refractivity contribution is 5.85. The number of imidazole rings is 1. The first kappa shape index (κ1) is 16.9. The van der Waals surface area contributed by atoms with Crippen LogP contribution in [0, 0.1) is 23.3 Å². The van der Waals surface area contributed by atoms with Crippen molar-refractivity contribution in [2.75, 3.05) is 7.11 Å². The summed E-state index contributed by atoms with van der Waals surface area (Å²) in [5.74, 6) is 0.561. The van der Waals surface area contributed by atoms with Gasteiger partial charge >= 0.3 is 0 Å². The Morgan fingerprint density at radius 1 is 1.40 bits per heavy atom. The lowest BCUT2D eigenvalue weighted by Gasteiger charge is -2.20. The quantitative estimate of drug-likeness (QED) is 0.882. The van der Waals surface area contributed by atoms with Crippen LogP contribution < -0.4 is 0 Å². The molecule has 0 spiro atoms. The molecule has 125 valence electrons. The smallest absolute Gasteiger partial charge is 0.148 e. The number of ketones is 1. The van der Waals surface area contributed by atoms with Gasteiger partial charge in [-0.3, -0.25) is 4.79 Å². The SMILES string of the molecule is COC1C=[C]C=CC1C(=O)Cc1c[nH]c(Cc2ccc(C#N)cc2)n1. The van der Waals surface area contributed by atoms with E-state index in [4.69, 9.17) is 10.00 Å². The van der Waals surface area contributed by atoms with E-state index in [1.165, 1.54) is 0 Å². The summed E-state index contributed by atoms with van der Waals surface area (Å²) in [5.41, 5.74) is 2.41.